The Balaban J connectivity index is 0.000000141. The smallest absolute Gasteiger partial charge is 0.488 e. The minimum absolute atomic E-state index is 0.0392. The molecule has 2 N–H and O–H groups in total. The molecule has 0 fully saturated rings. The molecule has 10 rings (SSSR count). The van der Waals surface area contributed by atoms with Crippen LogP contribution in [0.5, 0.6) is 11.5 Å². The quantitative estimate of drug-likeness (QED) is 0.135. The van der Waals surface area contributed by atoms with E-state index in [0.717, 1.165) is 53.5 Å². The Labute approximate surface area is 371 Å². The summed E-state index contributed by atoms with van der Waals surface area (Å²) < 4.78 is 13.5. The van der Waals surface area contributed by atoms with Crippen LogP contribution in [-0.4, -0.2) is 40.9 Å². The highest BCUT2D eigenvalue weighted by molar-refractivity contribution is 9.10. The van der Waals surface area contributed by atoms with Gasteiger partial charge in [-0.15, -0.1) is 0 Å². The van der Waals surface area contributed by atoms with Gasteiger partial charge in [0.2, 0.25) is 0 Å². The first-order valence-corrected chi connectivity index (χ1v) is 21.8. The first-order valence-electron chi connectivity index (χ1n) is 21.0. The third-order valence-electron chi connectivity index (χ3n) is 12.2. The largest absolute Gasteiger partial charge is 0.489 e. The molecule has 308 valence electrons. The van der Waals surface area contributed by atoms with Crippen LogP contribution in [0.1, 0.15) is 93.3 Å². The van der Waals surface area contributed by atoms with E-state index in [0.29, 0.717) is 52.5 Å². The van der Waals surface area contributed by atoms with Gasteiger partial charge in [-0.2, -0.15) is 0 Å². The number of benzene rings is 6. The summed E-state index contributed by atoms with van der Waals surface area (Å²) in [7, 11) is -1.45. The molecule has 8 nitrogen and oxygen atoms in total. The number of Topliss-reactive ketones (excluding diaryl/α,β-unsaturated/α-hetero) is 2. The Morgan fingerprint density at radius 3 is 1.68 bits per heavy atom. The van der Waals surface area contributed by atoms with E-state index in [1.807, 2.05) is 54.6 Å². The third kappa shape index (κ3) is 9.44. The van der Waals surface area contributed by atoms with E-state index in [1.54, 1.807) is 18.2 Å². The lowest BCUT2D eigenvalue weighted by atomic mass is 9.77. The maximum atomic E-state index is 13.0. The number of hydrogen-bond acceptors (Lipinski definition) is 6. The minimum Gasteiger partial charge on any atom is -0.489 e. The van der Waals surface area contributed by atoms with Gasteiger partial charge >= 0.3 is 7.12 Å². The van der Waals surface area contributed by atoms with Gasteiger partial charge in [0.1, 0.15) is 23.7 Å². The summed E-state index contributed by atoms with van der Waals surface area (Å²) in [6.45, 7) is 13.8. The van der Waals surface area contributed by atoms with Crippen molar-refractivity contribution in [3.05, 3.63) is 194 Å². The predicted molar refractivity (Wildman–Crippen MR) is 246 cm³/mol. The zero-order valence-electron chi connectivity index (χ0n) is 34.0. The van der Waals surface area contributed by atoms with Crippen molar-refractivity contribution in [1.29, 1.82) is 0 Å². The van der Waals surface area contributed by atoms with Crippen LogP contribution in [0.3, 0.4) is 0 Å². The van der Waals surface area contributed by atoms with Gasteiger partial charge in [0.25, 0.3) is 0 Å². The van der Waals surface area contributed by atoms with Crippen molar-refractivity contribution in [1.82, 2.24) is 0 Å². The topological polar surface area (TPSA) is 102 Å². The van der Waals surface area contributed by atoms with E-state index in [2.05, 4.69) is 74.2 Å². The van der Waals surface area contributed by atoms with Gasteiger partial charge in [-0.25, -0.2) is 9.69 Å². The number of fused-ring (bicyclic) bond motifs is 4. The number of halogens is 1. The average molecular weight is 884 g/mol. The molecular formula is C52H44BBrN2O6. The van der Waals surface area contributed by atoms with Crippen molar-refractivity contribution in [3.8, 4) is 22.6 Å². The molecule has 0 amide bonds. The molecule has 0 bridgehead atoms. The number of carbonyl (C=O) groups is 2. The van der Waals surface area contributed by atoms with Crippen LogP contribution < -0.4 is 14.9 Å². The summed E-state index contributed by atoms with van der Waals surface area (Å²) in [6, 6.07) is 42.2. The Hall–Kier alpha value is -6.30. The standard InChI is InChI=1S/C26H21NO2.C19H17BrO2.C7H6BNO2/c1-27-20-9-4-8-18(14-20)19-12-13-25-23(15-19)24(28)16-26(29-25)22-11-5-7-17-6-2-3-10-21(17)22;20-13-8-9-18-16(10-13)17(21)11-19(22-18)15-7-3-5-12-4-1-2-6-14(12)15;1-9-7-4-2-6(3-5-7)8(10)11/h2-4,6,8-10,12-15,22,26H,5,7,11,16H2;1-2,4,6,8-10,15,19H,3,5,7,11H2;2-5,10-11H. The fourth-order valence-electron chi connectivity index (χ4n) is 9.13. The lowest BCUT2D eigenvalue weighted by molar-refractivity contribution is 0.0784. The van der Waals surface area contributed by atoms with E-state index >= 15 is 0 Å². The van der Waals surface area contributed by atoms with Crippen LogP contribution in [-0.2, 0) is 12.8 Å². The highest BCUT2D eigenvalue weighted by Crippen LogP contribution is 2.43. The molecule has 2 aliphatic heterocycles. The number of nitrogens with zero attached hydrogens (tertiary/aromatic N) is 2. The number of rotatable bonds is 4. The number of ketones is 2. The zero-order valence-corrected chi connectivity index (χ0v) is 35.6. The zero-order chi connectivity index (χ0) is 43.2. The van der Waals surface area contributed by atoms with Gasteiger partial charge in [0, 0.05) is 29.2 Å². The summed E-state index contributed by atoms with van der Waals surface area (Å²) in [4.78, 5) is 32.2. The molecule has 0 radical (unpaired) electrons. The van der Waals surface area contributed by atoms with Gasteiger partial charge in [0.05, 0.1) is 24.3 Å². The van der Waals surface area contributed by atoms with Gasteiger partial charge in [-0.3, -0.25) is 9.59 Å². The average Bonchev–Trinajstić information content (AvgIpc) is 3.31. The normalized spacial score (nSPS) is 19.3. The van der Waals surface area contributed by atoms with Crippen molar-refractivity contribution >= 4 is 51.5 Å². The molecule has 62 heavy (non-hydrogen) atoms. The Morgan fingerprint density at radius 1 is 0.581 bits per heavy atom. The SMILES string of the molecule is O=C1CC(C2CCCc3ccccc32)Oc2ccc(Br)cc21.[C-]#[N+]c1ccc(B(O)O)cc1.[C-]#[N+]c1cccc(-c2ccc3c(c2)C(=O)CC(C2CCCc4ccccc42)O3)c1. The third-order valence-corrected chi connectivity index (χ3v) is 12.7. The number of aryl methyl sites for hydroxylation is 2. The van der Waals surface area contributed by atoms with E-state index in [9.17, 15) is 9.59 Å². The van der Waals surface area contributed by atoms with Crippen molar-refractivity contribution in [2.24, 2.45) is 0 Å². The first kappa shape index (κ1) is 42.4. The van der Waals surface area contributed by atoms with Gasteiger partial charge in [-0.05, 0) is 114 Å². The van der Waals surface area contributed by atoms with E-state index < -0.39 is 7.12 Å². The van der Waals surface area contributed by atoms with Crippen molar-refractivity contribution < 1.29 is 29.1 Å². The Kier molecular flexibility index (Phi) is 13.1. The predicted octanol–water partition coefficient (Wildman–Crippen LogP) is 11.2. The first-order chi connectivity index (χ1) is 30.2. The van der Waals surface area contributed by atoms with Gasteiger partial charge in [-0.1, -0.05) is 113 Å². The number of ether oxygens (including phenoxy) is 2. The maximum Gasteiger partial charge on any atom is 0.488 e. The van der Waals surface area contributed by atoms with Crippen LogP contribution in [0.2, 0.25) is 0 Å². The summed E-state index contributed by atoms with van der Waals surface area (Å²) in [5.74, 6) is 2.34. The maximum absolute atomic E-state index is 13.0. The molecule has 0 spiro atoms. The van der Waals surface area contributed by atoms with Crippen molar-refractivity contribution in [2.45, 2.75) is 75.4 Å². The summed E-state index contributed by atoms with van der Waals surface area (Å²) in [6.07, 6.45) is 7.46. The van der Waals surface area contributed by atoms with Crippen LogP contribution >= 0.6 is 15.9 Å². The molecule has 0 saturated heterocycles. The molecule has 4 aliphatic rings. The summed E-state index contributed by atoms with van der Waals surface area (Å²) in [5.41, 5.74) is 10.2. The van der Waals surface area contributed by atoms with Crippen molar-refractivity contribution in [3.63, 3.8) is 0 Å². The molecule has 2 heterocycles. The molecule has 4 unspecified atom stereocenters. The second-order valence-corrected chi connectivity index (χ2v) is 17.0. The molecule has 6 aromatic rings. The fourth-order valence-corrected chi connectivity index (χ4v) is 9.49. The molecule has 0 aromatic heterocycles. The molecule has 2 aliphatic carbocycles. The molecule has 4 atom stereocenters. The van der Waals surface area contributed by atoms with Crippen molar-refractivity contribution in [2.75, 3.05) is 0 Å². The summed E-state index contributed by atoms with van der Waals surface area (Å²) >= 11 is 3.42. The molecule has 10 heteroatoms. The highest BCUT2D eigenvalue weighted by atomic mass is 79.9. The lowest BCUT2D eigenvalue weighted by Crippen LogP contribution is -2.34. The van der Waals surface area contributed by atoms with Crippen LogP contribution in [0, 0.1) is 13.1 Å². The van der Waals surface area contributed by atoms with Crippen LogP contribution in [0.15, 0.2) is 138 Å². The second-order valence-electron chi connectivity index (χ2n) is 16.1. The highest BCUT2D eigenvalue weighted by Gasteiger charge is 2.37. The molecule has 6 aromatic carbocycles. The van der Waals surface area contributed by atoms with E-state index in [4.69, 9.17) is 32.7 Å². The van der Waals surface area contributed by atoms with Gasteiger partial charge in [0.15, 0.2) is 22.9 Å². The Bertz CT molecular complexity index is 2700. The second kappa shape index (κ2) is 19.2. The van der Waals surface area contributed by atoms with E-state index in [-0.39, 0.29) is 29.7 Å². The lowest BCUT2D eigenvalue weighted by Gasteiger charge is -2.35. The van der Waals surface area contributed by atoms with Gasteiger partial charge < -0.3 is 19.5 Å². The van der Waals surface area contributed by atoms with Crippen LogP contribution in [0.4, 0.5) is 11.4 Å². The van der Waals surface area contributed by atoms with Crippen LogP contribution in [0.25, 0.3) is 20.8 Å². The fraction of sp³-hybridized carbons (Fsp3) is 0.231. The number of carbonyl (C=O) groups excluding carboxylic acids is 2. The molecule has 0 saturated carbocycles. The van der Waals surface area contributed by atoms with E-state index in [1.165, 1.54) is 40.8 Å². The Morgan fingerprint density at radius 2 is 1.11 bits per heavy atom. The molecular weight excluding hydrogens is 839 g/mol. The number of hydrogen-bond donors (Lipinski definition) is 2. The minimum atomic E-state index is -1.45. The summed E-state index contributed by atoms with van der Waals surface area (Å²) in [5, 5.41) is 17.3. The monoisotopic (exact) mass is 882 g/mol.